The first-order valence-corrected chi connectivity index (χ1v) is 6.44. The third-order valence-corrected chi connectivity index (χ3v) is 3.54. The van der Waals surface area contributed by atoms with E-state index in [4.69, 9.17) is 27.3 Å². The summed E-state index contributed by atoms with van der Waals surface area (Å²) in [4.78, 5) is 0.893. The molecule has 0 saturated carbocycles. The number of oxime groups is 1. The van der Waals surface area contributed by atoms with Crippen molar-refractivity contribution in [2.24, 2.45) is 10.9 Å². The van der Waals surface area contributed by atoms with Crippen LogP contribution in [-0.2, 0) is 6.61 Å². The van der Waals surface area contributed by atoms with Gasteiger partial charge in [-0.15, -0.1) is 11.3 Å². The SMILES string of the molecule is N/C(=N/O)c1ccc(OCc2ccc(Cl)s2)c(F)c1. The monoisotopic (exact) mass is 300 g/mol. The second-order valence-electron chi connectivity index (χ2n) is 3.62. The molecule has 0 fully saturated rings. The minimum Gasteiger partial charge on any atom is -0.485 e. The van der Waals surface area contributed by atoms with E-state index in [1.165, 1.54) is 23.5 Å². The van der Waals surface area contributed by atoms with Crippen molar-refractivity contribution < 1.29 is 14.3 Å². The van der Waals surface area contributed by atoms with Gasteiger partial charge in [0.2, 0.25) is 0 Å². The van der Waals surface area contributed by atoms with Crippen molar-refractivity contribution >= 4 is 28.8 Å². The van der Waals surface area contributed by atoms with Gasteiger partial charge in [-0.05, 0) is 30.3 Å². The average Bonchev–Trinajstić information content (AvgIpc) is 2.82. The number of nitrogens with two attached hydrogens (primary N) is 1. The predicted molar refractivity (Wildman–Crippen MR) is 72.6 cm³/mol. The molecule has 0 amide bonds. The number of ether oxygens (including phenoxy) is 1. The zero-order chi connectivity index (χ0) is 13.8. The second-order valence-corrected chi connectivity index (χ2v) is 5.42. The maximum Gasteiger partial charge on any atom is 0.170 e. The molecule has 0 radical (unpaired) electrons. The van der Waals surface area contributed by atoms with Gasteiger partial charge in [0, 0.05) is 10.4 Å². The Hall–Kier alpha value is -1.79. The van der Waals surface area contributed by atoms with Crippen LogP contribution < -0.4 is 10.5 Å². The van der Waals surface area contributed by atoms with Gasteiger partial charge in [0.1, 0.15) is 6.61 Å². The molecule has 0 aliphatic carbocycles. The average molecular weight is 301 g/mol. The summed E-state index contributed by atoms with van der Waals surface area (Å²) in [5.74, 6) is -0.638. The van der Waals surface area contributed by atoms with Gasteiger partial charge >= 0.3 is 0 Å². The normalized spacial score (nSPS) is 11.6. The van der Waals surface area contributed by atoms with Gasteiger partial charge in [0.25, 0.3) is 0 Å². The molecule has 1 aromatic carbocycles. The Morgan fingerprint density at radius 2 is 2.21 bits per heavy atom. The maximum absolute atomic E-state index is 13.7. The topological polar surface area (TPSA) is 67.8 Å². The highest BCUT2D eigenvalue weighted by molar-refractivity contribution is 7.16. The number of benzene rings is 1. The third kappa shape index (κ3) is 3.36. The molecule has 0 aliphatic heterocycles. The second kappa shape index (κ2) is 5.90. The molecule has 3 N–H and O–H groups in total. The largest absolute Gasteiger partial charge is 0.485 e. The molecular weight excluding hydrogens is 291 g/mol. The van der Waals surface area contributed by atoms with Gasteiger partial charge in [-0.1, -0.05) is 16.8 Å². The van der Waals surface area contributed by atoms with Crippen molar-refractivity contribution in [3.05, 3.63) is 50.9 Å². The lowest BCUT2D eigenvalue weighted by molar-refractivity contribution is 0.293. The summed E-state index contributed by atoms with van der Waals surface area (Å²) in [7, 11) is 0. The fraction of sp³-hybridized carbons (Fsp3) is 0.0833. The summed E-state index contributed by atoms with van der Waals surface area (Å²) >= 11 is 7.15. The molecule has 0 aliphatic rings. The molecule has 100 valence electrons. The summed E-state index contributed by atoms with van der Waals surface area (Å²) in [6.45, 7) is 0.233. The van der Waals surface area contributed by atoms with Crippen molar-refractivity contribution in [2.75, 3.05) is 0 Å². The van der Waals surface area contributed by atoms with Gasteiger partial charge in [-0.2, -0.15) is 0 Å². The van der Waals surface area contributed by atoms with Gasteiger partial charge in [0.05, 0.1) is 4.34 Å². The number of thiophene rings is 1. The summed E-state index contributed by atoms with van der Waals surface area (Å²) < 4.78 is 19.7. The minimum absolute atomic E-state index is 0.0963. The molecule has 1 heterocycles. The van der Waals surface area contributed by atoms with E-state index < -0.39 is 5.82 Å². The molecule has 2 rings (SSSR count). The van der Waals surface area contributed by atoms with Crippen LogP contribution in [0, 0.1) is 5.82 Å². The summed E-state index contributed by atoms with van der Waals surface area (Å²) in [6.07, 6.45) is 0. The van der Waals surface area contributed by atoms with Crippen molar-refractivity contribution in [2.45, 2.75) is 6.61 Å². The van der Waals surface area contributed by atoms with Crippen molar-refractivity contribution in [3.63, 3.8) is 0 Å². The van der Waals surface area contributed by atoms with Crippen molar-refractivity contribution in [3.8, 4) is 5.75 Å². The lowest BCUT2D eigenvalue weighted by atomic mass is 10.2. The van der Waals surface area contributed by atoms with Crippen LogP contribution in [0.15, 0.2) is 35.5 Å². The first kappa shape index (κ1) is 13.6. The van der Waals surface area contributed by atoms with Crippen LogP contribution in [0.4, 0.5) is 4.39 Å². The molecular formula is C12H10ClFN2O2S. The van der Waals surface area contributed by atoms with Crippen LogP contribution in [-0.4, -0.2) is 11.0 Å². The molecule has 2 aromatic rings. The number of rotatable bonds is 4. The van der Waals surface area contributed by atoms with Gasteiger partial charge in [-0.25, -0.2) is 4.39 Å². The fourth-order valence-electron chi connectivity index (χ4n) is 1.41. The van der Waals surface area contributed by atoms with Crippen molar-refractivity contribution in [1.29, 1.82) is 0 Å². The van der Waals surface area contributed by atoms with Crippen LogP contribution in [0.5, 0.6) is 5.75 Å². The minimum atomic E-state index is -0.577. The highest BCUT2D eigenvalue weighted by Gasteiger charge is 2.08. The Morgan fingerprint density at radius 1 is 1.42 bits per heavy atom. The van der Waals surface area contributed by atoms with Crippen molar-refractivity contribution in [1.82, 2.24) is 0 Å². The van der Waals surface area contributed by atoms with E-state index in [9.17, 15) is 4.39 Å². The van der Waals surface area contributed by atoms with Gasteiger partial charge in [0.15, 0.2) is 17.4 Å². The standard InChI is InChI=1S/C12H10ClFN2O2S/c13-11-4-2-8(19-11)6-18-10-3-1-7(5-9(10)14)12(15)16-17/h1-5,17H,6H2,(H2,15,16). The van der Waals surface area contributed by atoms with E-state index in [0.29, 0.717) is 4.34 Å². The molecule has 4 nitrogen and oxygen atoms in total. The maximum atomic E-state index is 13.7. The summed E-state index contributed by atoms with van der Waals surface area (Å²) in [6, 6.07) is 7.65. The van der Waals surface area contributed by atoms with E-state index in [1.54, 1.807) is 6.07 Å². The number of halogens is 2. The fourth-order valence-corrected chi connectivity index (χ4v) is 2.41. The highest BCUT2D eigenvalue weighted by Crippen LogP contribution is 2.24. The lowest BCUT2D eigenvalue weighted by Crippen LogP contribution is -2.13. The van der Waals surface area contributed by atoms with Crippen LogP contribution in [0.25, 0.3) is 0 Å². The summed E-state index contributed by atoms with van der Waals surface area (Å²) in [5, 5.41) is 11.3. The van der Waals surface area contributed by atoms with E-state index in [1.807, 2.05) is 6.07 Å². The number of hydrogen-bond donors (Lipinski definition) is 2. The first-order chi connectivity index (χ1) is 9.10. The third-order valence-electron chi connectivity index (χ3n) is 2.33. The van der Waals surface area contributed by atoms with Crippen LogP contribution in [0.3, 0.4) is 0 Å². The summed E-state index contributed by atoms with van der Waals surface area (Å²) in [5.41, 5.74) is 5.64. The quantitative estimate of drug-likeness (QED) is 0.394. The molecule has 1 aromatic heterocycles. The molecule has 7 heteroatoms. The van der Waals surface area contributed by atoms with E-state index in [-0.39, 0.29) is 23.8 Å². The Kier molecular flexibility index (Phi) is 4.24. The van der Waals surface area contributed by atoms with E-state index in [2.05, 4.69) is 5.16 Å². The highest BCUT2D eigenvalue weighted by atomic mass is 35.5. The number of amidine groups is 1. The van der Waals surface area contributed by atoms with Crippen LogP contribution in [0.2, 0.25) is 4.34 Å². The molecule has 0 saturated heterocycles. The Bertz CT molecular complexity index is 616. The molecule has 0 bridgehead atoms. The Morgan fingerprint density at radius 3 is 2.79 bits per heavy atom. The van der Waals surface area contributed by atoms with Crippen LogP contribution >= 0.6 is 22.9 Å². The molecule has 0 spiro atoms. The zero-order valence-corrected chi connectivity index (χ0v) is 11.2. The number of nitrogens with zero attached hydrogens (tertiary/aromatic N) is 1. The van der Waals surface area contributed by atoms with Crippen LogP contribution in [0.1, 0.15) is 10.4 Å². The first-order valence-electron chi connectivity index (χ1n) is 5.24. The Labute approximate surface area is 117 Å². The Balaban J connectivity index is 2.09. The van der Waals surface area contributed by atoms with Gasteiger partial charge < -0.3 is 15.7 Å². The lowest BCUT2D eigenvalue weighted by Gasteiger charge is -2.07. The smallest absolute Gasteiger partial charge is 0.170 e. The van der Waals surface area contributed by atoms with E-state index in [0.717, 1.165) is 10.9 Å². The zero-order valence-electron chi connectivity index (χ0n) is 9.64. The van der Waals surface area contributed by atoms with Gasteiger partial charge in [-0.3, -0.25) is 0 Å². The predicted octanol–water partition coefficient (Wildman–Crippen LogP) is 3.21. The number of hydrogen-bond acceptors (Lipinski definition) is 4. The van der Waals surface area contributed by atoms with E-state index >= 15 is 0 Å². The molecule has 19 heavy (non-hydrogen) atoms. The molecule has 0 unspecified atom stereocenters. The molecule has 0 atom stereocenters.